The van der Waals surface area contributed by atoms with Gasteiger partial charge in [-0.3, -0.25) is 9.89 Å². The van der Waals surface area contributed by atoms with Gasteiger partial charge in [-0.05, 0) is 11.5 Å². The van der Waals surface area contributed by atoms with Gasteiger partial charge >= 0.3 is 0 Å². The zero-order valence-corrected chi connectivity index (χ0v) is 7.71. The van der Waals surface area contributed by atoms with Crippen molar-refractivity contribution in [3.63, 3.8) is 0 Å². The minimum atomic E-state index is -0.309. The van der Waals surface area contributed by atoms with Crippen LogP contribution in [0.4, 0.5) is 11.5 Å². The molecule has 0 bridgehead atoms. The minimum Gasteiger partial charge on any atom is -0.394 e. The van der Waals surface area contributed by atoms with Gasteiger partial charge in [-0.25, -0.2) is 0 Å². The van der Waals surface area contributed by atoms with E-state index in [0.717, 1.165) is 11.5 Å². The second-order valence-electron chi connectivity index (χ2n) is 2.44. The molecule has 0 fully saturated rings. The van der Waals surface area contributed by atoms with Crippen molar-refractivity contribution in [2.24, 2.45) is 0 Å². The van der Waals surface area contributed by atoms with E-state index in [1.807, 2.05) is 0 Å². The SMILES string of the molecule is Nc1cn[nH]c1NC(=O)c1cnns1. The van der Waals surface area contributed by atoms with Crippen LogP contribution in [0.2, 0.25) is 0 Å². The quantitative estimate of drug-likeness (QED) is 0.651. The highest BCUT2D eigenvalue weighted by Crippen LogP contribution is 2.14. The number of nitrogens with one attached hydrogen (secondary N) is 2. The average Bonchev–Trinajstić information content (AvgIpc) is 2.77. The fourth-order valence-corrected chi connectivity index (χ4v) is 1.25. The fourth-order valence-electron chi connectivity index (χ4n) is 0.838. The van der Waals surface area contributed by atoms with Crippen molar-refractivity contribution in [1.29, 1.82) is 0 Å². The van der Waals surface area contributed by atoms with Gasteiger partial charge in [-0.2, -0.15) is 5.10 Å². The number of aromatic amines is 1. The van der Waals surface area contributed by atoms with Crippen molar-refractivity contribution in [2.75, 3.05) is 11.1 Å². The lowest BCUT2D eigenvalue weighted by Crippen LogP contribution is -2.11. The third-order valence-electron chi connectivity index (χ3n) is 1.49. The van der Waals surface area contributed by atoms with E-state index in [-0.39, 0.29) is 5.91 Å². The van der Waals surface area contributed by atoms with E-state index >= 15 is 0 Å². The van der Waals surface area contributed by atoms with Crippen LogP contribution in [-0.4, -0.2) is 25.7 Å². The van der Waals surface area contributed by atoms with E-state index in [2.05, 4.69) is 25.1 Å². The first kappa shape index (κ1) is 8.63. The van der Waals surface area contributed by atoms with Crippen LogP contribution in [0.1, 0.15) is 9.67 Å². The summed E-state index contributed by atoms with van der Waals surface area (Å²) in [6.45, 7) is 0. The number of aromatic nitrogens is 4. The van der Waals surface area contributed by atoms with Gasteiger partial charge in [0.25, 0.3) is 5.91 Å². The maximum atomic E-state index is 11.4. The Labute approximate surface area is 82.5 Å². The average molecular weight is 210 g/mol. The predicted octanol–water partition coefficient (Wildman–Crippen LogP) is 0.0957. The Balaban J connectivity index is 2.13. The highest BCUT2D eigenvalue weighted by Gasteiger charge is 2.10. The van der Waals surface area contributed by atoms with Crippen LogP contribution in [0, 0.1) is 0 Å². The second kappa shape index (κ2) is 3.42. The van der Waals surface area contributed by atoms with Crippen molar-refractivity contribution < 1.29 is 4.79 Å². The molecule has 2 heterocycles. The van der Waals surface area contributed by atoms with Crippen molar-refractivity contribution in [1.82, 2.24) is 19.8 Å². The van der Waals surface area contributed by atoms with E-state index in [1.165, 1.54) is 12.4 Å². The Morgan fingerprint density at radius 3 is 3.00 bits per heavy atom. The largest absolute Gasteiger partial charge is 0.394 e. The molecule has 8 heteroatoms. The van der Waals surface area contributed by atoms with E-state index in [0.29, 0.717) is 16.4 Å². The van der Waals surface area contributed by atoms with Gasteiger partial charge in [0.15, 0.2) is 5.82 Å². The summed E-state index contributed by atoms with van der Waals surface area (Å²) in [5, 5.41) is 12.3. The molecule has 0 saturated carbocycles. The number of nitrogen functional groups attached to an aromatic ring is 1. The van der Waals surface area contributed by atoms with Crippen LogP contribution in [0.3, 0.4) is 0 Å². The van der Waals surface area contributed by atoms with E-state index in [9.17, 15) is 4.79 Å². The molecule has 2 rings (SSSR count). The lowest BCUT2D eigenvalue weighted by atomic mass is 10.4. The molecule has 2 aromatic heterocycles. The van der Waals surface area contributed by atoms with Crippen LogP contribution < -0.4 is 11.1 Å². The smallest absolute Gasteiger partial charge is 0.270 e. The summed E-state index contributed by atoms with van der Waals surface area (Å²) < 4.78 is 3.57. The molecule has 0 aliphatic carbocycles. The third-order valence-corrected chi connectivity index (χ3v) is 2.16. The molecule has 4 N–H and O–H groups in total. The fraction of sp³-hybridized carbons (Fsp3) is 0. The third kappa shape index (κ3) is 1.55. The molecule has 7 nitrogen and oxygen atoms in total. The van der Waals surface area contributed by atoms with Crippen LogP contribution in [0.15, 0.2) is 12.4 Å². The van der Waals surface area contributed by atoms with E-state index in [1.54, 1.807) is 0 Å². The molecule has 0 aliphatic heterocycles. The molecule has 14 heavy (non-hydrogen) atoms. The minimum absolute atomic E-state index is 0.309. The molecule has 0 aromatic carbocycles. The summed E-state index contributed by atoms with van der Waals surface area (Å²) in [6, 6.07) is 0. The molecular formula is C6H6N6OS. The highest BCUT2D eigenvalue weighted by molar-refractivity contribution is 7.07. The highest BCUT2D eigenvalue weighted by atomic mass is 32.1. The summed E-state index contributed by atoms with van der Waals surface area (Å²) in [5.41, 5.74) is 5.89. The molecule has 0 radical (unpaired) electrons. The van der Waals surface area contributed by atoms with E-state index < -0.39 is 0 Å². The van der Waals surface area contributed by atoms with Crippen LogP contribution in [0.25, 0.3) is 0 Å². The van der Waals surface area contributed by atoms with E-state index in [4.69, 9.17) is 5.73 Å². The number of nitrogens with zero attached hydrogens (tertiary/aromatic N) is 3. The maximum absolute atomic E-state index is 11.4. The van der Waals surface area contributed by atoms with Gasteiger partial charge in [0.1, 0.15) is 4.88 Å². The van der Waals surface area contributed by atoms with Gasteiger partial charge in [0.2, 0.25) is 0 Å². The molecular weight excluding hydrogens is 204 g/mol. The van der Waals surface area contributed by atoms with Crippen LogP contribution in [-0.2, 0) is 0 Å². The summed E-state index contributed by atoms with van der Waals surface area (Å²) in [4.78, 5) is 11.9. The molecule has 0 atom stereocenters. The van der Waals surface area contributed by atoms with Gasteiger partial charge in [-0.15, -0.1) is 5.10 Å². The normalized spacial score (nSPS) is 10.0. The Bertz CT molecular complexity index is 435. The number of anilines is 2. The number of carbonyl (C=O) groups excluding carboxylic acids is 1. The Hall–Kier alpha value is -1.96. The van der Waals surface area contributed by atoms with Gasteiger partial charge < -0.3 is 11.1 Å². The van der Waals surface area contributed by atoms with Crippen molar-refractivity contribution >= 4 is 28.9 Å². The Morgan fingerprint density at radius 1 is 1.57 bits per heavy atom. The number of hydrogen-bond donors (Lipinski definition) is 3. The summed E-state index contributed by atoms with van der Waals surface area (Å²) in [7, 11) is 0. The number of rotatable bonds is 2. The standard InChI is InChI=1S/C6H6N6OS/c7-3-1-8-11-5(3)10-6(13)4-2-9-12-14-4/h1-2H,7H2,(H2,8,10,11,13). The maximum Gasteiger partial charge on any atom is 0.270 e. The Kier molecular flexibility index (Phi) is 2.11. The van der Waals surface area contributed by atoms with Crippen molar-refractivity contribution in [3.05, 3.63) is 17.3 Å². The molecule has 0 spiro atoms. The molecule has 0 unspecified atom stereocenters. The number of carbonyl (C=O) groups is 1. The van der Waals surface area contributed by atoms with Crippen molar-refractivity contribution in [2.45, 2.75) is 0 Å². The second-order valence-corrected chi connectivity index (χ2v) is 3.22. The predicted molar refractivity (Wildman–Crippen MR) is 50.9 cm³/mol. The zero-order valence-electron chi connectivity index (χ0n) is 6.89. The molecule has 0 aliphatic rings. The number of hydrogen-bond acceptors (Lipinski definition) is 6. The Morgan fingerprint density at radius 2 is 2.43 bits per heavy atom. The molecule has 1 amide bonds. The summed E-state index contributed by atoms with van der Waals surface area (Å²) >= 11 is 1.01. The lowest BCUT2D eigenvalue weighted by molar-refractivity contribution is 0.103. The molecule has 2 aromatic rings. The lowest BCUT2D eigenvalue weighted by Gasteiger charge is -1.99. The van der Waals surface area contributed by atoms with Crippen LogP contribution >= 0.6 is 11.5 Å². The van der Waals surface area contributed by atoms with Crippen LogP contribution in [0.5, 0.6) is 0 Å². The number of amides is 1. The first-order valence-corrected chi connectivity index (χ1v) is 4.42. The topological polar surface area (TPSA) is 110 Å². The number of nitrogens with two attached hydrogens (primary N) is 1. The first-order chi connectivity index (χ1) is 6.77. The number of H-pyrrole nitrogens is 1. The first-order valence-electron chi connectivity index (χ1n) is 3.65. The van der Waals surface area contributed by atoms with Crippen molar-refractivity contribution in [3.8, 4) is 0 Å². The molecule has 72 valence electrons. The van der Waals surface area contributed by atoms with Gasteiger partial charge in [0.05, 0.1) is 18.1 Å². The monoisotopic (exact) mass is 210 g/mol. The summed E-state index contributed by atoms with van der Waals surface area (Å²) in [5.74, 6) is 0.0688. The zero-order chi connectivity index (χ0) is 9.97. The van der Waals surface area contributed by atoms with Gasteiger partial charge in [-0.1, -0.05) is 4.49 Å². The molecule has 0 saturated heterocycles. The van der Waals surface area contributed by atoms with Gasteiger partial charge in [0, 0.05) is 0 Å². The summed E-state index contributed by atoms with van der Waals surface area (Å²) in [6.07, 6.45) is 2.80.